The fourth-order valence-corrected chi connectivity index (χ4v) is 5.98. The highest BCUT2D eigenvalue weighted by atomic mass is 32.2. The number of carbonyl (C=O) groups excluding carboxylic acids is 1. The maximum atomic E-state index is 13.1. The molecule has 1 fully saturated rings. The van der Waals surface area contributed by atoms with E-state index in [-0.39, 0.29) is 29.4 Å². The molecule has 4 aromatic rings. The molecule has 0 spiro atoms. The molecule has 1 unspecified atom stereocenters. The number of nitrogens with one attached hydrogen (secondary N) is 1. The number of hydrogen-bond donors (Lipinski definition) is 2. The smallest absolute Gasteiger partial charge is 0.345 e. The van der Waals surface area contributed by atoms with Crippen LogP contribution in [0.3, 0.4) is 0 Å². The van der Waals surface area contributed by atoms with Crippen LogP contribution in [0.5, 0.6) is 5.88 Å². The van der Waals surface area contributed by atoms with E-state index in [9.17, 15) is 31.9 Å². The topological polar surface area (TPSA) is 179 Å². The number of sulfone groups is 1. The van der Waals surface area contributed by atoms with E-state index in [1.165, 1.54) is 66.8 Å². The number of ether oxygens (including phenoxy) is 2. The number of amides is 1. The van der Waals surface area contributed by atoms with Crippen molar-refractivity contribution in [2.45, 2.75) is 49.5 Å². The van der Waals surface area contributed by atoms with Crippen molar-refractivity contribution >= 4 is 27.5 Å². The van der Waals surface area contributed by atoms with Crippen molar-refractivity contribution in [2.75, 3.05) is 23.8 Å². The van der Waals surface area contributed by atoms with Crippen LogP contribution in [0.15, 0.2) is 78.2 Å². The van der Waals surface area contributed by atoms with Crippen molar-refractivity contribution in [3.05, 3.63) is 84.4 Å². The van der Waals surface area contributed by atoms with Crippen molar-refractivity contribution in [3.8, 4) is 11.6 Å². The Hall–Kier alpha value is -5.03. The summed E-state index contributed by atoms with van der Waals surface area (Å²) in [5.74, 6) is -1.16. The first-order valence-corrected chi connectivity index (χ1v) is 16.1. The molecular weight excluding hydrogens is 640 g/mol. The first-order valence-electron chi connectivity index (χ1n) is 14.5. The van der Waals surface area contributed by atoms with Crippen LogP contribution in [0.4, 0.5) is 14.6 Å². The van der Waals surface area contributed by atoms with Crippen LogP contribution in [0.1, 0.15) is 41.7 Å². The van der Waals surface area contributed by atoms with E-state index >= 15 is 0 Å². The molecule has 3 aromatic heterocycles. The number of benzene rings is 1. The lowest BCUT2D eigenvalue weighted by molar-refractivity contribution is -0.137. The van der Waals surface area contributed by atoms with Gasteiger partial charge in [0.1, 0.15) is 17.6 Å². The summed E-state index contributed by atoms with van der Waals surface area (Å²) in [7, 11) is -3.46. The predicted molar refractivity (Wildman–Crippen MR) is 162 cm³/mol. The van der Waals surface area contributed by atoms with Gasteiger partial charge in [0.15, 0.2) is 9.84 Å². The van der Waals surface area contributed by atoms with Gasteiger partial charge >= 0.3 is 12.6 Å². The number of nitrogens with zero attached hydrogens (tertiary/aromatic N) is 6. The standard InChI is InChI=1S/C30H31F2N7O7S/c1-2-47(43,44)24-7-3-19(4-8-24)25(14-28(40)41)37-29(42)20-5-9-26(33-15-20)38-17-23(13-22(38)18-45-30(31)32)46-27-10-6-21(16-34-27)39-35-11-12-36-39/h3-12,15-16,22-23,25,30H,2,13-14,17-18H2,1H3,(H,37,42)(H,40,41)/t22-,23?,25-/m0/s1. The van der Waals surface area contributed by atoms with E-state index in [1.807, 2.05) is 0 Å². The van der Waals surface area contributed by atoms with Gasteiger partial charge in [-0.2, -0.15) is 23.8 Å². The summed E-state index contributed by atoms with van der Waals surface area (Å²) in [6.07, 6.45) is 5.34. The normalized spacial score (nSPS) is 17.1. The van der Waals surface area contributed by atoms with Gasteiger partial charge in [-0.1, -0.05) is 19.1 Å². The third-order valence-corrected chi connectivity index (χ3v) is 9.21. The zero-order valence-electron chi connectivity index (χ0n) is 25.0. The molecule has 1 aliphatic heterocycles. The van der Waals surface area contributed by atoms with E-state index in [2.05, 4.69) is 30.2 Å². The molecule has 0 bridgehead atoms. The summed E-state index contributed by atoms with van der Waals surface area (Å²) in [6, 6.07) is 10.6. The third-order valence-electron chi connectivity index (χ3n) is 7.46. The Morgan fingerprint density at radius 1 is 1.04 bits per heavy atom. The maximum absolute atomic E-state index is 13.1. The Bertz CT molecular complexity index is 1760. The van der Waals surface area contributed by atoms with Gasteiger partial charge in [-0.15, -0.1) is 0 Å². The molecule has 4 heterocycles. The molecule has 2 N–H and O–H groups in total. The van der Waals surface area contributed by atoms with Crippen molar-refractivity contribution in [1.82, 2.24) is 30.3 Å². The summed E-state index contributed by atoms with van der Waals surface area (Å²) in [4.78, 5) is 36.6. The summed E-state index contributed by atoms with van der Waals surface area (Å²) in [5, 5.41) is 20.2. The van der Waals surface area contributed by atoms with E-state index in [4.69, 9.17) is 4.74 Å². The second-order valence-electron chi connectivity index (χ2n) is 10.6. The Kier molecular flexibility index (Phi) is 10.4. The molecule has 0 radical (unpaired) electrons. The van der Waals surface area contributed by atoms with E-state index in [0.29, 0.717) is 29.4 Å². The first-order chi connectivity index (χ1) is 22.5. The summed E-state index contributed by atoms with van der Waals surface area (Å²) in [6.45, 7) is -1.48. The molecule has 5 rings (SSSR count). The number of carboxylic acid groups (broad SMARTS) is 1. The summed E-state index contributed by atoms with van der Waals surface area (Å²) < 4.78 is 60.8. The van der Waals surface area contributed by atoms with Crippen LogP contribution in [-0.2, 0) is 19.4 Å². The Balaban J connectivity index is 1.27. The highest BCUT2D eigenvalue weighted by Crippen LogP contribution is 2.28. The van der Waals surface area contributed by atoms with E-state index in [0.717, 1.165) is 0 Å². The van der Waals surface area contributed by atoms with Crippen LogP contribution in [-0.4, -0.2) is 88.0 Å². The fourth-order valence-electron chi connectivity index (χ4n) is 5.09. The minimum atomic E-state index is -3.46. The van der Waals surface area contributed by atoms with Crippen LogP contribution in [0, 0.1) is 0 Å². The molecule has 1 aromatic carbocycles. The molecule has 47 heavy (non-hydrogen) atoms. The quantitative estimate of drug-likeness (QED) is 0.201. The van der Waals surface area contributed by atoms with Crippen molar-refractivity contribution in [3.63, 3.8) is 0 Å². The Labute approximate surface area is 268 Å². The van der Waals surface area contributed by atoms with Crippen LogP contribution < -0.4 is 15.0 Å². The lowest BCUT2D eigenvalue weighted by Gasteiger charge is -2.25. The number of halogens is 2. The average Bonchev–Trinajstić information content (AvgIpc) is 3.74. The van der Waals surface area contributed by atoms with Gasteiger partial charge in [0.2, 0.25) is 5.88 Å². The van der Waals surface area contributed by atoms with Gasteiger partial charge in [-0.3, -0.25) is 9.59 Å². The molecule has 1 amide bonds. The average molecular weight is 672 g/mol. The Morgan fingerprint density at radius 2 is 1.79 bits per heavy atom. The zero-order valence-corrected chi connectivity index (χ0v) is 25.8. The number of pyridine rings is 2. The maximum Gasteiger partial charge on any atom is 0.345 e. The Morgan fingerprint density at radius 3 is 2.38 bits per heavy atom. The molecular formula is C30H31F2N7O7S. The zero-order chi connectivity index (χ0) is 33.6. The lowest BCUT2D eigenvalue weighted by atomic mass is 10.0. The SMILES string of the molecule is CCS(=O)(=O)c1ccc([C@H](CC(=O)O)NC(=O)c2ccc(N3CC(Oc4ccc(-n5nccn5)cn4)C[C@H]3COC(F)F)nc2)cc1. The van der Waals surface area contributed by atoms with E-state index in [1.54, 1.807) is 23.1 Å². The molecule has 0 aliphatic carbocycles. The number of hydrogen-bond acceptors (Lipinski definition) is 11. The van der Waals surface area contributed by atoms with Gasteiger partial charge in [-0.25, -0.2) is 18.4 Å². The molecule has 14 nitrogen and oxygen atoms in total. The molecule has 248 valence electrons. The number of aromatic nitrogens is 5. The molecule has 1 saturated heterocycles. The summed E-state index contributed by atoms with van der Waals surface area (Å²) in [5.41, 5.74) is 1.16. The third kappa shape index (κ3) is 8.42. The highest BCUT2D eigenvalue weighted by molar-refractivity contribution is 7.91. The molecule has 0 saturated carbocycles. The van der Waals surface area contributed by atoms with Crippen LogP contribution in [0.2, 0.25) is 0 Å². The minimum absolute atomic E-state index is 0.0906. The van der Waals surface area contributed by atoms with Gasteiger partial charge < -0.3 is 24.8 Å². The lowest BCUT2D eigenvalue weighted by Crippen LogP contribution is -2.35. The summed E-state index contributed by atoms with van der Waals surface area (Å²) >= 11 is 0. The van der Waals surface area contributed by atoms with Crippen molar-refractivity contribution in [2.24, 2.45) is 0 Å². The van der Waals surface area contributed by atoms with Crippen LogP contribution in [0.25, 0.3) is 5.69 Å². The second-order valence-corrected chi connectivity index (χ2v) is 12.8. The molecule has 3 atom stereocenters. The highest BCUT2D eigenvalue weighted by Gasteiger charge is 2.35. The molecule has 17 heteroatoms. The number of rotatable bonds is 14. The van der Waals surface area contributed by atoms with Gasteiger partial charge in [0.25, 0.3) is 5.91 Å². The van der Waals surface area contributed by atoms with Crippen LogP contribution >= 0.6 is 0 Å². The number of carboxylic acids is 1. The number of aliphatic carboxylic acids is 1. The second kappa shape index (κ2) is 14.6. The monoisotopic (exact) mass is 671 g/mol. The first kappa shape index (κ1) is 33.3. The van der Waals surface area contributed by atoms with Gasteiger partial charge in [-0.05, 0) is 35.9 Å². The largest absolute Gasteiger partial charge is 0.481 e. The predicted octanol–water partition coefficient (Wildman–Crippen LogP) is 3.06. The fraction of sp³-hybridized carbons (Fsp3) is 0.333. The molecule has 1 aliphatic rings. The number of alkyl halides is 2. The number of anilines is 1. The minimum Gasteiger partial charge on any atom is -0.481 e. The number of carbonyl (C=O) groups is 2. The van der Waals surface area contributed by atoms with Gasteiger partial charge in [0.05, 0.1) is 66.5 Å². The van der Waals surface area contributed by atoms with E-state index < -0.39 is 52.9 Å². The van der Waals surface area contributed by atoms with Gasteiger partial charge in [0, 0.05) is 18.7 Å². The van der Waals surface area contributed by atoms with Crippen molar-refractivity contribution in [1.29, 1.82) is 0 Å². The van der Waals surface area contributed by atoms with Crippen molar-refractivity contribution < 1.29 is 41.4 Å².